The Morgan fingerprint density at radius 2 is 1.92 bits per heavy atom. The average molecular weight is 402 g/mol. The summed E-state index contributed by atoms with van der Waals surface area (Å²) in [4.78, 5) is 18.6. The van der Waals surface area contributed by atoms with Gasteiger partial charge in [0.2, 0.25) is 5.88 Å². The summed E-state index contributed by atoms with van der Waals surface area (Å²) >= 11 is 5.00. The van der Waals surface area contributed by atoms with Crippen LogP contribution in [0.4, 0.5) is 0 Å². The van der Waals surface area contributed by atoms with Gasteiger partial charge in [0.15, 0.2) is 15.1 Å². The number of imidazole rings is 1. The van der Waals surface area contributed by atoms with Gasteiger partial charge >= 0.3 is 0 Å². The Labute approximate surface area is 150 Å². The van der Waals surface area contributed by atoms with E-state index >= 15 is 0 Å². The van der Waals surface area contributed by atoms with Crippen LogP contribution < -0.4 is 4.74 Å². The Balaban J connectivity index is 1.97. The van der Waals surface area contributed by atoms with E-state index in [1.165, 1.54) is 17.7 Å². The standard InChI is InChI=1S/C16H12BrN5OS/c1-22-12(10(21-16(22)17)9-6-4-3-5-7-9)15-20-11-13(23-2)18-8-19-14(11)24-15/h3-8H,1-2H3. The summed E-state index contributed by atoms with van der Waals surface area (Å²) in [6.07, 6.45) is 1.49. The van der Waals surface area contributed by atoms with Crippen LogP contribution in [0.2, 0.25) is 0 Å². The molecule has 4 rings (SSSR count). The van der Waals surface area contributed by atoms with E-state index in [0.717, 1.165) is 31.5 Å². The van der Waals surface area contributed by atoms with Crippen molar-refractivity contribution in [2.75, 3.05) is 7.11 Å². The Kier molecular flexibility index (Phi) is 3.78. The van der Waals surface area contributed by atoms with Crippen molar-refractivity contribution in [2.24, 2.45) is 7.05 Å². The van der Waals surface area contributed by atoms with Crippen LogP contribution in [0.15, 0.2) is 41.4 Å². The zero-order valence-electron chi connectivity index (χ0n) is 12.9. The smallest absolute Gasteiger partial charge is 0.244 e. The minimum absolute atomic E-state index is 0.477. The lowest BCUT2D eigenvalue weighted by Gasteiger charge is -2.03. The van der Waals surface area contributed by atoms with Crippen LogP contribution in [-0.2, 0) is 7.05 Å². The molecular formula is C16H12BrN5OS. The van der Waals surface area contributed by atoms with Gasteiger partial charge in [-0.15, -0.1) is 0 Å². The van der Waals surface area contributed by atoms with E-state index in [0.29, 0.717) is 11.4 Å². The maximum absolute atomic E-state index is 5.29. The number of rotatable bonds is 3. The van der Waals surface area contributed by atoms with E-state index in [1.54, 1.807) is 7.11 Å². The minimum Gasteiger partial charge on any atom is -0.479 e. The van der Waals surface area contributed by atoms with Crippen molar-refractivity contribution in [3.05, 3.63) is 41.4 Å². The summed E-state index contributed by atoms with van der Waals surface area (Å²) in [5, 5.41) is 0.823. The monoisotopic (exact) mass is 401 g/mol. The molecule has 0 saturated heterocycles. The van der Waals surface area contributed by atoms with Crippen molar-refractivity contribution in [2.45, 2.75) is 0 Å². The van der Waals surface area contributed by atoms with E-state index < -0.39 is 0 Å². The maximum atomic E-state index is 5.29. The highest BCUT2D eigenvalue weighted by atomic mass is 79.9. The van der Waals surface area contributed by atoms with E-state index in [-0.39, 0.29) is 0 Å². The third-order valence-electron chi connectivity index (χ3n) is 3.65. The van der Waals surface area contributed by atoms with E-state index in [1.807, 2.05) is 41.9 Å². The van der Waals surface area contributed by atoms with Gasteiger partial charge in [0.1, 0.15) is 22.7 Å². The van der Waals surface area contributed by atoms with Crippen LogP contribution in [0, 0.1) is 0 Å². The number of benzene rings is 1. The summed E-state index contributed by atoms with van der Waals surface area (Å²) in [5.74, 6) is 0.477. The third-order valence-corrected chi connectivity index (χ3v) is 5.32. The number of fused-ring (bicyclic) bond motifs is 1. The lowest BCUT2D eigenvalue weighted by Crippen LogP contribution is -1.93. The Bertz CT molecular complexity index is 1030. The highest BCUT2D eigenvalue weighted by Gasteiger charge is 2.21. The van der Waals surface area contributed by atoms with E-state index in [9.17, 15) is 0 Å². The van der Waals surface area contributed by atoms with Gasteiger partial charge in [0.25, 0.3) is 0 Å². The minimum atomic E-state index is 0.477. The molecule has 0 saturated carbocycles. The molecule has 3 aromatic heterocycles. The second-order valence-corrected chi connectivity index (χ2v) is 6.75. The molecule has 0 unspecified atom stereocenters. The maximum Gasteiger partial charge on any atom is 0.244 e. The highest BCUT2D eigenvalue weighted by Crippen LogP contribution is 2.38. The van der Waals surface area contributed by atoms with Gasteiger partial charge in [-0.1, -0.05) is 41.7 Å². The molecule has 0 aliphatic carbocycles. The first-order valence-corrected chi connectivity index (χ1v) is 8.73. The lowest BCUT2D eigenvalue weighted by atomic mass is 10.1. The molecule has 8 heteroatoms. The molecule has 0 radical (unpaired) electrons. The van der Waals surface area contributed by atoms with Gasteiger partial charge in [-0.2, -0.15) is 4.98 Å². The molecule has 0 fully saturated rings. The molecular weight excluding hydrogens is 390 g/mol. The molecule has 3 heterocycles. The van der Waals surface area contributed by atoms with Gasteiger partial charge in [0, 0.05) is 12.6 Å². The van der Waals surface area contributed by atoms with Gasteiger partial charge in [0.05, 0.1) is 7.11 Å². The lowest BCUT2D eigenvalue weighted by molar-refractivity contribution is 0.402. The van der Waals surface area contributed by atoms with Gasteiger partial charge in [-0.3, -0.25) is 0 Å². The number of ether oxygens (including phenoxy) is 1. The van der Waals surface area contributed by atoms with E-state index in [2.05, 4.69) is 30.9 Å². The molecule has 0 atom stereocenters. The predicted molar refractivity (Wildman–Crippen MR) is 97.1 cm³/mol. The summed E-state index contributed by atoms with van der Waals surface area (Å²) in [6, 6.07) is 10.0. The fourth-order valence-corrected chi connectivity index (χ4v) is 3.83. The second-order valence-electron chi connectivity index (χ2n) is 5.06. The third kappa shape index (κ3) is 2.38. The number of halogens is 1. The van der Waals surface area contributed by atoms with Crippen LogP contribution in [0.25, 0.3) is 32.3 Å². The SMILES string of the molecule is COc1ncnc2sc(-c3c(-c4ccccc4)nc(Br)n3C)nc12. The Hall–Kier alpha value is -2.32. The molecule has 0 amide bonds. The summed E-state index contributed by atoms with van der Waals surface area (Å²) < 4.78 is 8.00. The second kappa shape index (κ2) is 5.95. The molecule has 0 bridgehead atoms. The summed E-state index contributed by atoms with van der Waals surface area (Å²) in [5.41, 5.74) is 3.50. The first kappa shape index (κ1) is 15.2. The molecule has 6 nitrogen and oxygen atoms in total. The molecule has 120 valence electrons. The number of hydrogen-bond acceptors (Lipinski definition) is 6. The molecule has 4 aromatic rings. The quantitative estimate of drug-likeness (QED) is 0.520. The molecule has 1 aromatic carbocycles. The topological polar surface area (TPSA) is 65.7 Å². The number of aromatic nitrogens is 5. The molecule has 0 N–H and O–H groups in total. The largest absolute Gasteiger partial charge is 0.479 e. The fraction of sp³-hybridized carbons (Fsp3) is 0.125. The summed E-state index contributed by atoms with van der Waals surface area (Å²) in [7, 11) is 3.53. The van der Waals surface area contributed by atoms with Crippen LogP contribution >= 0.6 is 27.3 Å². The number of nitrogens with zero attached hydrogens (tertiary/aromatic N) is 5. The number of methoxy groups -OCH3 is 1. The van der Waals surface area contributed by atoms with Crippen LogP contribution in [0.1, 0.15) is 0 Å². The van der Waals surface area contributed by atoms with Crippen molar-refractivity contribution in [1.29, 1.82) is 0 Å². The molecule has 24 heavy (non-hydrogen) atoms. The zero-order chi connectivity index (χ0) is 16.7. The van der Waals surface area contributed by atoms with Crippen molar-refractivity contribution >= 4 is 37.6 Å². The Morgan fingerprint density at radius 3 is 2.67 bits per heavy atom. The average Bonchev–Trinajstić information content (AvgIpc) is 3.16. The first-order chi connectivity index (χ1) is 11.7. The molecule has 0 aliphatic rings. The van der Waals surface area contributed by atoms with Crippen LogP contribution in [0.3, 0.4) is 0 Å². The normalized spacial score (nSPS) is 11.1. The fourth-order valence-electron chi connectivity index (χ4n) is 2.50. The van der Waals surface area contributed by atoms with Crippen LogP contribution in [-0.4, -0.2) is 31.6 Å². The van der Waals surface area contributed by atoms with Crippen LogP contribution in [0.5, 0.6) is 5.88 Å². The predicted octanol–water partition coefficient (Wildman–Crippen LogP) is 3.92. The van der Waals surface area contributed by atoms with Crippen molar-refractivity contribution in [3.63, 3.8) is 0 Å². The molecule has 0 spiro atoms. The van der Waals surface area contributed by atoms with Gasteiger partial charge in [-0.05, 0) is 15.9 Å². The first-order valence-electron chi connectivity index (χ1n) is 7.12. The van der Waals surface area contributed by atoms with Gasteiger partial charge in [-0.25, -0.2) is 15.0 Å². The van der Waals surface area contributed by atoms with Gasteiger partial charge < -0.3 is 9.30 Å². The molecule has 0 aliphatic heterocycles. The van der Waals surface area contributed by atoms with Crippen molar-refractivity contribution in [3.8, 4) is 27.8 Å². The zero-order valence-corrected chi connectivity index (χ0v) is 15.3. The van der Waals surface area contributed by atoms with Crippen molar-refractivity contribution < 1.29 is 4.74 Å². The van der Waals surface area contributed by atoms with Crippen molar-refractivity contribution in [1.82, 2.24) is 24.5 Å². The Morgan fingerprint density at radius 1 is 1.12 bits per heavy atom. The number of hydrogen-bond donors (Lipinski definition) is 0. The summed E-state index contributed by atoms with van der Waals surface area (Å²) in [6.45, 7) is 0. The number of thiazole rings is 1. The highest BCUT2D eigenvalue weighted by molar-refractivity contribution is 9.10. The van der Waals surface area contributed by atoms with E-state index in [4.69, 9.17) is 9.72 Å².